The van der Waals surface area contributed by atoms with Crippen molar-refractivity contribution in [1.29, 1.82) is 0 Å². The molecule has 1 saturated heterocycles. The van der Waals surface area contributed by atoms with Crippen LogP contribution < -0.4 is 0 Å². The summed E-state index contributed by atoms with van der Waals surface area (Å²) in [5.74, 6) is -0.631. The number of carbonyl (C=O) groups is 1. The summed E-state index contributed by atoms with van der Waals surface area (Å²) < 4.78 is 0. The van der Waals surface area contributed by atoms with Gasteiger partial charge in [-0.25, -0.2) is 0 Å². The summed E-state index contributed by atoms with van der Waals surface area (Å²) in [6, 6.07) is 0. The van der Waals surface area contributed by atoms with Gasteiger partial charge in [0.05, 0.1) is 5.41 Å². The fourth-order valence-electron chi connectivity index (χ4n) is 2.44. The van der Waals surface area contributed by atoms with Crippen molar-refractivity contribution in [3.8, 4) is 0 Å². The van der Waals surface area contributed by atoms with E-state index in [1.807, 2.05) is 13.8 Å². The summed E-state index contributed by atoms with van der Waals surface area (Å²) in [7, 11) is 0. The molecule has 1 rings (SSSR count). The Kier molecular flexibility index (Phi) is 3.91. The Morgan fingerprint density at radius 1 is 1.60 bits per heavy atom. The summed E-state index contributed by atoms with van der Waals surface area (Å²) in [4.78, 5) is 13.5. The number of likely N-dealkylation sites (tertiary alicyclic amines) is 1. The van der Waals surface area contributed by atoms with Crippen LogP contribution in [0.25, 0.3) is 0 Å². The molecular formula is C12H21NO2. The van der Waals surface area contributed by atoms with Crippen LogP contribution in [-0.4, -0.2) is 35.6 Å². The zero-order valence-corrected chi connectivity index (χ0v) is 9.75. The molecule has 1 heterocycles. The minimum Gasteiger partial charge on any atom is -0.481 e. The van der Waals surface area contributed by atoms with Gasteiger partial charge < -0.3 is 5.11 Å². The Labute approximate surface area is 91.8 Å². The maximum atomic E-state index is 11.3. The maximum Gasteiger partial charge on any atom is 0.310 e. The van der Waals surface area contributed by atoms with E-state index in [4.69, 9.17) is 0 Å². The number of rotatable bonds is 5. The second-order valence-electron chi connectivity index (χ2n) is 4.75. The van der Waals surface area contributed by atoms with Gasteiger partial charge in [-0.05, 0) is 26.3 Å². The number of carboxylic acids is 1. The SMILES string of the molecule is C=C(C)CN1CCC(CCC)(C(=O)O)C1. The fourth-order valence-corrected chi connectivity index (χ4v) is 2.44. The molecule has 3 nitrogen and oxygen atoms in total. The second kappa shape index (κ2) is 4.79. The molecule has 1 fully saturated rings. The lowest BCUT2D eigenvalue weighted by Gasteiger charge is -2.24. The zero-order valence-electron chi connectivity index (χ0n) is 9.75. The van der Waals surface area contributed by atoms with E-state index in [1.165, 1.54) is 0 Å². The summed E-state index contributed by atoms with van der Waals surface area (Å²) in [5, 5.41) is 9.30. The largest absolute Gasteiger partial charge is 0.481 e. The fraction of sp³-hybridized carbons (Fsp3) is 0.750. The Morgan fingerprint density at radius 3 is 2.73 bits per heavy atom. The molecule has 0 bridgehead atoms. The van der Waals surface area contributed by atoms with Crippen molar-refractivity contribution in [3.05, 3.63) is 12.2 Å². The molecule has 0 aromatic carbocycles. The van der Waals surface area contributed by atoms with Crippen molar-refractivity contribution < 1.29 is 9.90 Å². The Morgan fingerprint density at radius 2 is 2.27 bits per heavy atom. The highest BCUT2D eigenvalue weighted by molar-refractivity contribution is 5.75. The van der Waals surface area contributed by atoms with E-state index in [2.05, 4.69) is 11.5 Å². The molecule has 86 valence electrons. The quantitative estimate of drug-likeness (QED) is 0.708. The minimum absolute atomic E-state index is 0.496. The monoisotopic (exact) mass is 211 g/mol. The van der Waals surface area contributed by atoms with E-state index in [-0.39, 0.29) is 0 Å². The third-order valence-corrected chi connectivity index (χ3v) is 3.11. The Bertz CT molecular complexity index is 262. The van der Waals surface area contributed by atoms with Gasteiger partial charge in [-0.1, -0.05) is 25.5 Å². The molecular weight excluding hydrogens is 190 g/mol. The van der Waals surface area contributed by atoms with Crippen LogP contribution in [0.1, 0.15) is 33.1 Å². The van der Waals surface area contributed by atoms with Crippen molar-refractivity contribution in [3.63, 3.8) is 0 Å². The molecule has 0 saturated carbocycles. The molecule has 0 aliphatic carbocycles. The molecule has 15 heavy (non-hydrogen) atoms. The van der Waals surface area contributed by atoms with Gasteiger partial charge in [-0.3, -0.25) is 9.69 Å². The first-order valence-corrected chi connectivity index (χ1v) is 5.60. The molecule has 0 amide bonds. The maximum absolute atomic E-state index is 11.3. The molecule has 1 aliphatic heterocycles. The van der Waals surface area contributed by atoms with Gasteiger partial charge in [0, 0.05) is 13.1 Å². The number of aliphatic carboxylic acids is 1. The molecule has 1 aliphatic rings. The van der Waals surface area contributed by atoms with Crippen molar-refractivity contribution in [2.45, 2.75) is 33.1 Å². The highest BCUT2D eigenvalue weighted by Gasteiger charge is 2.43. The highest BCUT2D eigenvalue weighted by Crippen LogP contribution is 2.35. The van der Waals surface area contributed by atoms with E-state index < -0.39 is 11.4 Å². The first-order valence-electron chi connectivity index (χ1n) is 5.60. The summed E-state index contributed by atoms with van der Waals surface area (Å²) in [5.41, 5.74) is 0.609. The van der Waals surface area contributed by atoms with Gasteiger partial charge in [0.1, 0.15) is 0 Å². The van der Waals surface area contributed by atoms with Crippen molar-refractivity contribution in [2.24, 2.45) is 5.41 Å². The van der Waals surface area contributed by atoms with Crippen molar-refractivity contribution >= 4 is 5.97 Å². The topological polar surface area (TPSA) is 40.5 Å². The first-order chi connectivity index (χ1) is 7.00. The van der Waals surface area contributed by atoms with Gasteiger partial charge in [-0.15, -0.1) is 0 Å². The lowest BCUT2D eigenvalue weighted by Crippen LogP contribution is -2.35. The number of nitrogens with zero attached hydrogens (tertiary/aromatic N) is 1. The normalized spacial score (nSPS) is 26.8. The number of hydrogen-bond donors (Lipinski definition) is 1. The van der Waals surface area contributed by atoms with Gasteiger partial charge >= 0.3 is 5.97 Å². The number of hydrogen-bond acceptors (Lipinski definition) is 2. The molecule has 0 spiro atoms. The van der Waals surface area contributed by atoms with E-state index in [0.717, 1.165) is 37.9 Å². The molecule has 0 aromatic heterocycles. The van der Waals surface area contributed by atoms with Gasteiger partial charge in [0.2, 0.25) is 0 Å². The summed E-state index contributed by atoms with van der Waals surface area (Å²) >= 11 is 0. The van der Waals surface area contributed by atoms with Crippen LogP contribution >= 0.6 is 0 Å². The average Bonchev–Trinajstić information content (AvgIpc) is 2.49. The molecule has 1 N–H and O–H groups in total. The van der Waals surface area contributed by atoms with Crippen molar-refractivity contribution in [1.82, 2.24) is 4.90 Å². The van der Waals surface area contributed by atoms with E-state index in [0.29, 0.717) is 6.54 Å². The third-order valence-electron chi connectivity index (χ3n) is 3.11. The average molecular weight is 211 g/mol. The van der Waals surface area contributed by atoms with Crippen LogP contribution in [0.5, 0.6) is 0 Å². The first kappa shape index (κ1) is 12.2. The Balaban J connectivity index is 2.63. The zero-order chi connectivity index (χ0) is 11.5. The molecule has 0 radical (unpaired) electrons. The van der Waals surface area contributed by atoms with Crippen LogP contribution in [0.3, 0.4) is 0 Å². The van der Waals surface area contributed by atoms with E-state index >= 15 is 0 Å². The lowest BCUT2D eigenvalue weighted by molar-refractivity contribution is -0.148. The summed E-state index contributed by atoms with van der Waals surface area (Å²) in [6.45, 7) is 10.3. The van der Waals surface area contributed by atoms with Gasteiger partial charge in [0.25, 0.3) is 0 Å². The van der Waals surface area contributed by atoms with Gasteiger partial charge in [-0.2, -0.15) is 0 Å². The second-order valence-corrected chi connectivity index (χ2v) is 4.75. The highest BCUT2D eigenvalue weighted by atomic mass is 16.4. The van der Waals surface area contributed by atoms with Crippen LogP contribution in [0.2, 0.25) is 0 Å². The van der Waals surface area contributed by atoms with Crippen LogP contribution in [0.15, 0.2) is 12.2 Å². The van der Waals surface area contributed by atoms with Crippen molar-refractivity contribution in [2.75, 3.05) is 19.6 Å². The third kappa shape index (κ3) is 2.81. The lowest BCUT2D eigenvalue weighted by atomic mass is 9.83. The summed E-state index contributed by atoms with van der Waals surface area (Å²) in [6.07, 6.45) is 2.51. The van der Waals surface area contributed by atoms with Crippen LogP contribution in [0.4, 0.5) is 0 Å². The number of carboxylic acid groups (broad SMARTS) is 1. The van der Waals surface area contributed by atoms with Gasteiger partial charge in [0.15, 0.2) is 0 Å². The van der Waals surface area contributed by atoms with Crippen LogP contribution in [-0.2, 0) is 4.79 Å². The smallest absolute Gasteiger partial charge is 0.310 e. The van der Waals surface area contributed by atoms with Crippen LogP contribution in [0, 0.1) is 5.41 Å². The predicted octanol–water partition coefficient (Wildman–Crippen LogP) is 2.14. The van der Waals surface area contributed by atoms with E-state index in [1.54, 1.807) is 0 Å². The molecule has 3 heteroatoms. The standard InChI is InChI=1S/C12H21NO2/c1-4-5-12(11(14)15)6-7-13(9-12)8-10(2)3/h2,4-9H2,1,3H3,(H,14,15). The Hall–Kier alpha value is -0.830. The molecule has 1 unspecified atom stereocenters. The molecule has 1 atom stereocenters. The minimum atomic E-state index is -0.631. The predicted molar refractivity (Wildman–Crippen MR) is 60.8 cm³/mol. The van der Waals surface area contributed by atoms with E-state index in [9.17, 15) is 9.90 Å². The molecule has 0 aromatic rings.